The van der Waals surface area contributed by atoms with Gasteiger partial charge in [-0.3, -0.25) is 0 Å². The molecular formula is C13H20O2. The molecule has 0 aromatic heterocycles. The van der Waals surface area contributed by atoms with Crippen LogP contribution in [0.4, 0.5) is 0 Å². The molecule has 0 amide bonds. The lowest BCUT2D eigenvalue weighted by Gasteiger charge is -2.63. The maximum Gasteiger partial charge on any atom is 0.0658 e. The van der Waals surface area contributed by atoms with Crippen LogP contribution < -0.4 is 0 Å². The Kier molecular flexibility index (Phi) is 1.56. The van der Waals surface area contributed by atoms with Crippen molar-refractivity contribution in [3.63, 3.8) is 0 Å². The lowest BCUT2D eigenvalue weighted by atomic mass is 9.45. The van der Waals surface area contributed by atoms with Crippen LogP contribution in [0.5, 0.6) is 0 Å². The monoisotopic (exact) mass is 208 g/mol. The predicted octanol–water partition coefficient (Wildman–Crippen LogP) is 1.96. The van der Waals surface area contributed by atoms with Gasteiger partial charge in [0.25, 0.3) is 0 Å². The van der Waals surface area contributed by atoms with Crippen LogP contribution in [0.25, 0.3) is 0 Å². The van der Waals surface area contributed by atoms with E-state index in [9.17, 15) is 5.11 Å². The molecule has 2 heteroatoms. The van der Waals surface area contributed by atoms with Gasteiger partial charge in [0.15, 0.2) is 0 Å². The fourth-order valence-electron chi connectivity index (χ4n) is 5.35. The molecule has 1 saturated heterocycles. The minimum absolute atomic E-state index is 0.278. The van der Waals surface area contributed by atoms with Gasteiger partial charge in [-0.15, -0.1) is 0 Å². The summed E-state index contributed by atoms with van der Waals surface area (Å²) in [6.45, 7) is 1.94. The van der Waals surface area contributed by atoms with Gasteiger partial charge in [-0.1, -0.05) is 0 Å². The minimum atomic E-state index is -0.278. The molecule has 1 heterocycles. The SMILES string of the molecule is OC12CC3CC(C1)CC(C1COC1)(C3)C2. The average molecular weight is 208 g/mol. The Morgan fingerprint density at radius 2 is 1.67 bits per heavy atom. The van der Waals surface area contributed by atoms with Crippen LogP contribution >= 0.6 is 0 Å². The highest BCUT2D eigenvalue weighted by atomic mass is 16.5. The standard InChI is InChI=1S/C13H20O2/c14-13-4-9-1-10(5-13)3-12(2-9,8-13)11-6-15-7-11/h9-11,14H,1-8H2. The molecule has 0 aromatic rings. The fourth-order valence-corrected chi connectivity index (χ4v) is 5.35. The van der Waals surface area contributed by atoms with Crippen molar-refractivity contribution in [3.05, 3.63) is 0 Å². The highest BCUT2D eigenvalue weighted by molar-refractivity contribution is 5.10. The van der Waals surface area contributed by atoms with Gasteiger partial charge in [0.2, 0.25) is 0 Å². The van der Waals surface area contributed by atoms with E-state index in [0.717, 1.165) is 50.2 Å². The van der Waals surface area contributed by atoms with Crippen molar-refractivity contribution in [2.45, 2.75) is 44.1 Å². The molecule has 4 saturated carbocycles. The Morgan fingerprint density at radius 1 is 1.00 bits per heavy atom. The first-order valence-corrected chi connectivity index (χ1v) is 6.48. The molecule has 2 nitrogen and oxygen atoms in total. The van der Waals surface area contributed by atoms with Crippen molar-refractivity contribution < 1.29 is 9.84 Å². The van der Waals surface area contributed by atoms with Crippen LogP contribution in [0.3, 0.4) is 0 Å². The predicted molar refractivity (Wildman–Crippen MR) is 56.4 cm³/mol. The molecule has 1 aliphatic heterocycles. The van der Waals surface area contributed by atoms with Crippen molar-refractivity contribution in [1.29, 1.82) is 0 Å². The van der Waals surface area contributed by atoms with E-state index in [2.05, 4.69) is 0 Å². The van der Waals surface area contributed by atoms with Crippen molar-refractivity contribution in [2.24, 2.45) is 23.2 Å². The maximum absolute atomic E-state index is 10.6. The summed E-state index contributed by atoms with van der Waals surface area (Å²) in [4.78, 5) is 0. The zero-order valence-corrected chi connectivity index (χ0v) is 9.24. The van der Waals surface area contributed by atoms with Crippen LogP contribution in [0.1, 0.15) is 38.5 Å². The molecule has 1 N–H and O–H groups in total. The van der Waals surface area contributed by atoms with Crippen molar-refractivity contribution in [3.8, 4) is 0 Å². The van der Waals surface area contributed by atoms with E-state index in [1.807, 2.05) is 0 Å². The summed E-state index contributed by atoms with van der Waals surface area (Å²) in [6.07, 6.45) is 7.45. The van der Waals surface area contributed by atoms with E-state index in [0.29, 0.717) is 5.41 Å². The van der Waals surface area contributed by atoms with Gasteiger partial charge in [-0.2, -0.15) is 0 Å². The Hall–Kier alpha value is -0.0800. The number of rotatable bonds is 1. The number of hydrogen-bond donors (Lipinski definition) is 1. The van der Waals surface area contributed by atoms with E-state index in [1.54, 1.807) is 0 Å². The molecule has 2 atom stereocenters. The van der Waals surface area contributed by atoms with Crippen molar-refractivity contribution >= 4 is 0 Å². The molecule has 2 unspecified atom stereocenters. The summed E-state index contributed by atoms with van der Waals surface area (Å²) < 4.78 is 5.38. The van der Waals surface area contributed by atoms with Gasteiger partial charge >= 0.3 is 0 Å². The Bertz CT molecular complexity index is 281. The smallest absolute Gasteiger partial charge is 0.0658 e. The Labute approximate surface area is 91.0 Å². The number of ether oxygens (including phenoxy) is 1. The topological polar surface area (TPSA) is 29.5 Å². The van der Waals surface area contributed by atoms with Gasteiger partial charge in [-0.05, 0) is 55.8 Å². The average Bonchev–Trinajstić information content (AvgIpc) is 1.92. The normalized spacial score (nSPS) is 58.2. The zero-order valence-electron chi connectivity index (χ0n) is 9.24. The van der Waals surface area contributed by atoms with Crippen LogP contribution in [0.2, 0.25) is 0 Å². The van der Waals surface area contributed by atoms with Gasteiger partial charge in [0, 0.05) is 5.92 Å². The first kappa shape index (κ1) is 9.00. The molecular weight excluding hydrogens is 188 g/mol. The highest BCUT2D eigenvalue weighted by Gasteiger charge is 2.60. The van der Waals surface area contributed by atoms with E-state index in [4.69, 9.17) is 4.74 Å². The molecule has 15 heavy (non-hydrogen) atoms. The van der Waals surface area contributed by atoms with E-state index in [-0.39, 0.29) is 5.60 Å². The van der Waals surface area contributed by atoms with Crippen molar-refractivity contribution in [2.75, 3.05) is 13.2 Å². The molecule has 5 rings (SSSR count). The summed E-state index contributed by atoms with van der Waals surface area (Å²) in [7, 11) is 0. The van der Waals surface area contributed by atoms with Gasteiger partial charge in [0.1, 0.15) is 0 Å². The first-order chi connectivity index (χ1) is 7.18. The van der Waals surface area contributed by atoms with E-state index in [1.165, 1.54) is 19.3 Å². The number of hydrogen-bond acceptors (Lipinski definition) is 2. The van der Waals surface area contributed by atoms with Crippen LogP contribution in [-0.2, 0) is 4.74 Å². The second kappa shape index (κ2) is 2.60. The highest BCUT2D eigenvalue weighted by Crippen LogP contribution is 2.64. The van der Waals surface area contributed by atoms with Gasteiger partial charge < -0.3 is 9.84 Å². The summed E-state index contributed by atoms with van der Waals surface area (Å²) in [5, 5.41) is 10.6. The van der Waals surface area contributed by atoms with Gasteiger partial charge in [0.05, 0.1) is 18.8 Å². The van der Waals surface area contributed by atoms with E-state index >= 15 is 0 Å². The molecule has 5 aliphatic rings. The third-order valence-corrected chi connectivity index (χ3v) is 5.58. The van der Waals surface area contributed by atoms with Crippen LogP contribution in [0, 0.1) is 23.2 Å². The largest absolute Gasteiger partial charge is 0.390 e. The Balaban J connectivity index is 1.70. The van der Waals surface area contributed by atoms with E-state index < -0.39 is 0 Å². The molecule has 84 valence electrons. The second-order valence-corrected chi connectivity index (χ2v) is 6.78. The molecule has 4 aliphatic carbocycles. The molecule has 0 spiro atoms. The summed E-state index contributed by atoms with van der Waals surface area (Å²) in [6, 6.07) is 0. The second-order valence-electron chi connectivity index (χ2n) is 6.78. The zero-order chi connectivity index (χ0) is 10.1. The minimum Gasteiger partial charge on any atom is -0.390 e. The maximum atomic E-state index is 10.6. The van der Waals surface area contributed by atoms with Crippen LogP contribution in [0.15, 0.2) is 0 Å². The summed E-state index contributed by atoms with van der Waals surface area (Å²) in [5.74, 6) is 2.43. The van der Waals surface area contributed by atoms with Gasteiger partial charge in [-0.25, -0.2) is 0 Å². The number of aliphatic hydroxyl groups is 1. The molecule has 4 bridgehead atoms. The summed E-state index contributed by atoms with van der Waals surface area (Å²) >= 11 is 0. The molecule has 5 fully saturated rings. The van der Waals surface area contributed by atoms with Crippen LogP contribution in [-0.4, -0.2) is 23.9 Å². The quantitative estimate of drug-likeness (QED) is 0.714. The third kappa shape index (κ3) is 1.13. The van der Waals surface area contributed by atoms with Crippen molar-refractivity contribution in [1.82, 2.24) is 0 Å². The fraction of sp³-hybridized carbons (Fsp3) is 1.00. The summed E-state index contributed by atoms with van der Waals surface area (Å²) in [5.41, 5.74) is 0.205. The first-order valence-electron chi connectivity index (χ1n) is 6.48. The third-order valence-electron chi connectivity index (χ3n) is 5.58. The molecule has 0 aromatic carbocycles. The Morgan fingerprint density at radius 3 is 2.13 bits per heavy atom. The lowest BCUT2D eigenvalue weighted by molar-refractivity contribution is -0.218. The lowest BCUT2D eigenvalue weighted by Crippen LogP contribution is -2.60. The molecule has 0 radical (unpaired) electrons.